The zero-order chi connectivity index (χ0) is 9.78. The van der Waals surface area contributed by atoms with E-state index in [0.29, 0.717) is 33.0 Å². The molecule has 0 aliphatic heterocycles. The highest BCUT2D eigenvalue weighted by atomic mass is 16.5. The van der Waals surface area contributed by atoms with Crippen molar-refractivity contribution in [1.82, 2.24) is 5.32 Å². The van der Waals surface area contributed by atoms with Gasteiger partial charge in [0.1, 0.15) is 0 Å². The molecule has 0 saturated carbocycles. The van der Waals surface area contributed by atoms with Crippen molar-refractivity contribution in [1.29, 1.82) is 0 Å². The molecule has 0 aromatic carbocycles. The van der Waals surface area contributed by atoms with Crippen LogP contribution in [-0.4, -0.2) is 62.9 Å². The first-order valence-electron chi connectivity index (χ1n) is 4.49. The van der Waals surface area contributed by atoms with Crippen molar-refractivity contribution in [3.8, 4) is 0 Å². The van der Waals surface area contributed by atoms with Crippen LogP contribution in [-0.2, 0) is 9.47 Å². The van der Waals surface area contributed by atoms with Crippen LogP contribution in [0.15, 0.2) is 0 Å². The van der Waals surface area contributed by atoms with Gasteiger partial charge < -0.3 is 25.0 Å². The fourth-order valence-electron chi connectivity index (χ4n) is 0.735. The Morgan fingerprint density at radius 3 is 2.08 bits per heavy atom. The van der Waals surface area contributed by atoms with E-state index in [9.17, 15) is 0 Å². The molecular weight excluding hydrogens is 174 g/mol. The normalized spacial score (nSPS) is 10.6. The van der Waals surface area contributed by atoms with Gasteiger partial charge >= 0.3 is 0 Å². The van der Waals surface area contributed by atoms with Gasteiger partial charge in [-0.1, -0.05) is 0 Å². The fourth-order valence-corrected chi connectivity index (χ4v) is 0.735. The molecule has 0 aliphatic rings. The maximum absolute atomic E-state index is 8.42. The predicted octanol–water partition coefficient (Wildman–Crippen LogP) is -1.41. The van der Waals surface area contributed by atoms with E-state index in [0.717, 1.165) is 6.54 Å². The van der Waals surface area contributed by atoms with E-state index in [4.69, 9.17) is 19.7 Å². The molecule has 80 valence electrons. The predicted molar refractivity (Wildman–Crippen MR) is 48.7 cm³/mol. The Bertz CT molecular complexity index is 82.2. The second kappa shape index (κ2) is 11.8. The lowest BCUT2D eigenvalue weighted by Crippen LogP contribution is -2.23. The van der Waals surface area contributed by atoms with Gasteiger partial charge in [0, 0.05) is 13.1 Å². The van der Waals surface area contributed by atoms with E-state index in [1.54, 1.807) is 0 Å². The molecule has 5 nitrogen and oxygen atoms in total. The number of aliphatic hydroxyl groups is 2. The largest absolute Gasteiger partial charge is 0.395 e. The molecular formula is C8H19NO4. The van der Waals surface area contributed by atoms with Crippen LogP contribution in [0.4, 0.5) is 0 Å². The van der Waals surface area contributed by atoms with Crippen LogP contribution in [0, 0.1) is 0 Å². The number of rotatable bonds is 10. The molecule has 0 unspecified atom stereocenters. The van der Waals surface area contributed by atoms with E-state index in [2.05, 4.69) is 5.32 Å². The van der Waals surface area contributed by atoms with Crippen molar-refractivity contribution < 1.29 is 19.7 Å². The SMILES string of the molecule is OCCNCCOCCOCCO. The van der Waals surface area contributed by atoms with Crippen LogP contribution < -0.4 is 5.32 Å². The molecule has 0 aliphatic carbocycles. The minimum absolute atomic E-state index is 0.0536. The zero-order valence-corrected chi connectivity index (χ0v) is 7.87. The summed E-state index contributed by atoms with van der Waals surface area (Å²) >= 11 is 0. The Kier molecular flexibility index (Phi) is 11.6. The molecule has 0 fully saturated rings. The van der Waals surface area contributed by atoms with Crippen LogP contribution in [0.25, 0.3) is 0 Å². The van der Waals surface area contributed by atoms with E-state index < -0.39 is 0 Å². The monoisotopic (exact) mass is 193 g/mol. The summed E-state index contributed by atoms with van der Waals surface area (Å²) in [6.07, 6.45) is 0. The minimum Gasteiger partial charge on any atom is -0.395 e. The Balaban J connectivity index is 2.76. The standard InChI is InChI=1S/C8H19NO4/c10-3-1-9-2-5-12-7-8-13-6-4-11/h9-11H,1-8H2. The van der Waals surface area contributed by atoms with Gasteiger partial charge in [-0.15, -0.1) is 0 Å². The van der Waals surface area contributed by atoms with Gasteiger partial charge in [0.15, 0.2) is 0 Å². The van der Waals surface area contributed by atoms with Crippen LogP contribution in [0.5, 0.6) is 0 Å². The van der Waals surface area contributed by atoms with Crippen molar-refractivity contribution in [2.45, 2.75) is 0 Å². The summed E-state index contributed by atoms with van der Waals surface area (Å²) in [5.74, 6) is 0. The molecule has 0 aromatic heterocycles. The van der Waals surface area contributed by atoms with Crippen LogP contribution in [0.2, 0.25) is 0 Å². The Hall–Kier alpha value is -0.200. The third kappa shape index (κ3) is 11.8. The van der Waals surface area contributed by atoms with Gasteiger partial charge in [0.2, 0.25) is 0 Å². The highest BCUT2D eigenvalue weighted by Gasteiger charge is 1.89. The average molecular weight is 193 g/mol. The second-order valence-corrected chi connectivity index (χ2v) is 2.42. The van der Waals surface area contributed by atoms with Crippen molar-refractivity contribution in [2.75, 3.05) is 52.7 Å². The summed E-state index contributed by atoms with van der Waals surface area (Å²) in [5.41, 5.74) is 0. The zero-order valence-electron chi connectivity index (χ0n) is 7.87. The van der Waals surface area contributed by atoms with Gasteiger partial charge in [-0.3, -0.25) is 0 Å². The molecule has 0 amide bonds. The van der Waals surface area contributed by atoms with Gasteiger partial charge in [-0.05, 0) is 0 Å². The molecule has 3 N–H and O–H groups in total. The number of nitrogens with one attached hydrogen (secondary N) is 1. The summed E-state index contributed by atoms with van der Waals surface area (Å²) < 4.78 is 10.2. The quantitative estimate of drug-likeness (QED) is 0.372. The lowest BCUT2D eigenvalue weighted by molar-refractivity contribution is 0.0339. The average Bonchev–Trinajstić information content (AvgIpc) is 2.16. The first-order valence-corrected chi connectivity index (χ1v) is 4.49. The van der Waals surface area contributed by atoms with E-state index in [1.165, 1.54) is 0 Å². The lowest BCUT2D eigenvalue weighted by atomic mass is 10.6. The van der Waals surface area contributed by atoms with Gasteiger partial charge in [-0.2, -0.15) is 0 Å². The molecule has 0 spiro atoms. The molecule has 0 atom stereocenters. The van der Waals surface area contributed by atoms with Crippen LogP contribution in [0.1, 0.15) is 0 Å². The van der Waals surface area contributed by atoms with Crippen molar-refractivity contribution in [3.05, 3.63) is 0 Å². The third-order valence-corrected chi connectivity index (χ3v) is 1.32. The first kappa shape index (κ1) is 12.8. The summed E-state index contributed by atoms with van der Waals surface area (Å²) in [5, 5.41) is 19.8. The summed E-state index contributed by atoms with van der Waals surface area (Å²) in [6.45, 7) is 3.58. The first-order chi connectivity index (χ1) is 6.41. The number of ether oxygens (including phenoxy) is 2. The lowest BCUT2D eigenvalue weighted by Gasteiger charge is -2.05. The van der Waals surface area contributed by atoms with Gasteiger partial charge in [0.05, 0.1) is 39.6 Å². The molecule has 0 bridgehead atoms. The number of hydrogen-bond acceptors (Lipinski definition) is 5. The van der Waals surface area contributed by atoms with Gasteiger partial charge in [-0.25, -0.2) is 0 Å². The summed E-state index contributed by atoms with van der Waals surface area (Å²) in [4.78, 5) is 0. The molecule has 0 saturated heterocycles. The number of aliphatic hydroxyl groups excluding tert-OH is 2. The smallest absolute Gasteiger partial charge is 0.0701 e. The second-order valence-electron chi connectivity index (χ2n) is 2.42. The maximum atomic E-state index is 8.42. The molecule has 0 radical (unpaired) electrons. The van der Waals surface area contributed by atoms with E-state index in [-0.39, 0.29) is 13.2 Å². The number of hydrogen-bond donors (Lipinski definition) is 3. The summed E-state index contributed by atoms with van der Waals surface area (Å²) in [7, 11) is 0. The van der Waals surface area contributed by atoms with E-state index >= 15 is 0 Å². The molecule has 0 rings (SSSR count). The molecule has 13 heavy (non-hydrogen) atoms. The van der Waals surface area contributed by atoms with Crippen molar-refractivity contribution in [2.24, 2.45) is 0 Å². The molecule has 0 aromatic rings. The maximum Gasteiger partial charge on any atom is 0.0701 e. The van der Waals surface area contributed by atoms with Crippen molar-refractivity contribution >= 4 is 0 Å². The third-order valence-electron chi connectivity index (χ3n) is 1.32. The van der Waals surface area contributed by atoms with Crippen LogP contribution in [0.3, 0.4) is 0 Å². The van der Waals surface area contributed by atoms with Crippen LogP contribution >= 0.6 is 0 Å². The molecule has 0 heterocycles. The fraction of sp³-hybridized carbons (Fsp3) is 1.00. The highest BCUT2D eigenvalue weighted by molar-refractivity contribution is 4.43. The molecule has 5 heteroatoms. The Labute approximate surface area is 78.7 Å². The highest BCUT2D eigenvalue weighted by Crippen LogP contribution is 1.77. The Morgan fingerprint density at radius 1 is 0.769 bits per heavy atom. The van der Waals surface area contributed by atoms with Gasteiger partial charge in [0.25, 0.3) is 0 Å². The Morgan fingerprint density at radius 2 is 1.46 bits per heavy atom. The van der Waals surface area contributed by atoms with Crippen molar-refractivity contribution in [3.63, 3.8) is 0 Å². The summed E-state index contributed by atoms with van der Waals surface area (Å²) in [6, 6.07) is 0. The minimum atomic E-state index is 0.0536. The topological polar surface area (TPSA) is 71.0 Å². The van der Waals surface area contributed by atoms with E-state index in [1.807, 2.05) is 0 Å².